The van der Waals surface area contributed by atoms with E-state index < -0.39 is 0 Å². The van der Waals surface area contributed by atoms with Crippen LogP contribution in [0.2, 0.25) is 18.6 Å². The Morgan fingerprint density at radius 2 is 1.80 bits per heavy atom. The molecule has 15 heavy (non-hydrogen) atoms. The number of hydrogen-bond acceptors (Lipinski definition) is 0. The molecule has 0 amide bonds. The molecule has 0 N–H and O–H groups in total. The van der Waals surface area contributed by atoms with Gasteiger partial charge >= 0.3 is 0 Å². The normalized spacial score (nSPS) is 38.7. The van der Waals surface area contributed by atoms with E-state index in [1.165, 1.54) is 19.3 Å². The zero-order valence-electron chi connectivity index (χ0n) is 10.2. The van der Waals surface area contributed by atoms with E-state index in [1.54, 1.807) is 0 Å². The van der Waals surface area contributed by atoms with E-state index in [4.69, 9.17) is 0 Å². The summed E-state index contributed by atoms with van der Waals surface area (Å²) in [5.74, 6) is 2.74. The molecule has 0 aromatic carbocycles. The molecule has 1 saturated carbocycles. The van der Waals surface area contributed by atoms with Gasteiger partial charge in [-0.1, -0.05) is 57.2 Å². The average molecular weight is 219 g/mol. The van der Waals surface area contributed by atoms with Gasteiger partial charge in [0.15, 0.2) is 0 Å². The number of fused-ring (bicyclic) bond motifs is 1. The van der Waals surface area contributed by atoms with Crippen molar-refractivity contribution in [3.8, 4) is 0 Å². The van der Waals surface area contributed by atoms with E-state index in [0.29, 0.717) is 0 Å². The fraction of sp³-hybridized carbons (Fsp3) is 0.714. The second kappa shape index (κ2) is 4.69. The van der Waals surface area contributed by atoms with E-state index in [1.807, 2.05) is 0 Å². The molecule has 0 bridgehead atoms. The lowest BCUT2D eigenvalue weighted by molar-refractivity contribution is 0.390. The van der Waals surface area contributed by atoms with Crippen LogP contribution in [0.15, 0.2) is 24.3 Å². The SMILES string of the molecule is CCCC1CC([Si](C)C)C2C=CC=CC12. The van der Waals surface area contributed by atoms with E-state index in [2.05, 4.69) is 44.3 Å². The summed E-state index contributed by atoms with van der Waals surface area (Å²) in [6, 6.07) is 0. The van der Waals surface area contributed by atoms with Gasteiger partial charge in [-0.25, -0.2) is 0 Å². The van der Waals surface area contributed by atoms with Crippen molar-refractivity contribution in [3.63, 3.8) is 0 Å². The molecular formula is C14H23Si. The smallest absolute Gasteiger partial charge is 0.0452 e. The molecule has 1 radical (unpaired) electrons. The van der Waals surface area contributed by atoms with Gasteiger partial charge in [0.25, 0.3) is 0 Å². The highest BCUT2D eigenvalue weighted by Crippen LogP contribution is 2.50. The minimum absolute atomic E-state index is 0.117. The van der Waals surface area contributed by atoms with Crippen molar-refractivity contribution in [1.82, 2.24) is 0 Å². The molecule has 0 aliphatic heterocycles. The first-order valence-electron chi connectivity index (χ1n) is 6.39. The summed E-state index contributed by atoms with van der Waals surface area (Å²) in [7, 11) is -0.117. The van der Waals surface area contributed by atoms with Crippen molar-refractivity contribution in [3.05, 3.63) is 24.3 Å². The molecule has 4 atom stereocenters. The van der Waals surface area contributed by atoms with Gasteiger partial charge in [-0.15, -0.1) is 0 Å². The molecule has 83 valence electrons. The second-order valence-corrected chi connectivity index (χ2v) is 8.29. The Kier molecular flexibility index (Phi) is 3.50. The van der Waals surface area contributed by atoms with Crippen molar-refractivity contribution < 1.29 is 0 Å². The van der Waals surface area contributed by atoms with Crippen LogP contribution in [0.4, 0.5) is 0 Å². The van der Waals surface area contributed by atoms with Gasteiger partial charge in [0.05, 0.1) is 0 Å². The van der Waals surface area contributed by atoms with Crippen LogP contribution in [0.3, 0.4) is 0 Å². The van der Waals surface area contributed by atoms with Crippen LogP contribution in [-0.4, -0.2) is 8.80 Å². The summed E-state index contributed by atoms with van der Waals surface area (Å²) in [4.78, 5) is 0. The monoisotopic (exact) mass is 219 g/mol. The van der Waals surface area contributed by atoms with E-state index in [9.17, 15) is 0 Å². The number of rotatable bonds is 3. The van der Waals surface area contributed by atoms with Crippen molar-refractivity contribution in [2.45, 2.75) is 44.8 Å². The van der Waals surface area contributed by atoms with Crippen LogP contribution >= 0.6 is 0 Å². The number of hydrogen-bond donors (Lipinski definition) is 0. The topological polar surface area (TPSA) is 0 Å². The Balaban J connectivity index is 2.13. The molecule has 1 heteroatoms. The standard InChI is InChI=1S/C14H23Si/c1-4-7-11-10-14(15(2)3)13-9-6-5-8-12(11)13/h5-6,8-9,11-14H,4,7,10H2,1-3H3. The Labute approximate surface area is 96.1 Å². The van der Waals surface area contributed by atoms with Gasteiger partial charge in [0, 0.05) is 8.80 Å². The van der Waals surface area contributed by atoms with E-state index >= 15 is 0 Å². The molecular weight excluding hydrogens is 196 g/mol. The Hall–Kier alpha value is -0.303. The largest absolute Gasteiger partial charge is 0.0808 e. The lowest BCUT2D eigenvalue weighted by Gasteiger charge is -2.24. The Morgan fingerprint density at radius 1 is 1.13 bits per heavy atom. The third-order valence-electron chi connectivity index (χ3n) is 4.19. The molecule has 4 unspecified atom stereocenters. The van der Waals surface area contributed by atoms with Gasteiger partial charge in [-0.3, -0.25) is 0 Å². The first kappa shape index (κ1) is 11.2. The summed E-state index contributed by atoms with van der Waals surface area (Å²) in [5, 5.41) is 0. The van der Waals surface area contributed by atoms with Crippen molar-refractivity contribution in [2.75, 3.05) is 0 Å². The highest BCUT2D eigenvalue weighted by atomic mass is 28.3. The molecule has 1 fully saturated rings. The predicted molar refractivity (Wildman–Crippen MR) is 69.5 cm³/mol. The fourth-order valence-corrected chi connectivity index (χ4v) is 5.33. The van der Waals surface area contributed by atoms with Crippen LogP contribution in [-0.2, 0) is 0 Å². The van der Waals surface area contributed by atoms with Crippen molar-refractivity contribution >= 4 is 8.80 Å². The van der Waals surface area contributed by atoms with E-state index in [0.717, 1.165) is 23.3 Å². The zero-order valence-corrected chi connectivity index (χ0v) is 11.2. The molecule has 2 rings (SSSR count). The predicted octanol–water partition coefficient (Wildman–Crippen LogP) is 4.29. The first-order valence-corrected chi connectivity index (χ1v) is 8.96. The zero-order chi connectivity index (χ0) is 10.8. The van der Waals surface area contributed by atoms with Gasteiger partial charge in [-0.2, -0.15) is 0 Å². The quantitative estimate of drug-likeness (QED) is 0.621. The number of allylic oxidation sites excluding steroid dienone is 4. The Bertz CT molecular complexity index is 265. The summed E-state index contributed by atoms with van der Waals surface area (Å²) in [5.41, 5.74) is 1.03. The maximum absolute atomic E-state index is 2.49. The molecule has 0 saturated heterocycles. The van der Waals surface area contributed by atoms with Crippen molar-refractivity contribution in [2.24, 2.45) is 17.8 Å². The molecule has 0 aromatic heterocycles. The minimum Gasteiger partial charge on any atom is -0.0808 e. The molecule has 0 spiro atoms. The molecule has 2 aliphatic rings. The molecule has 2 aliphatic carbocycles. The molecule has 0 nitrogen and oxygen atoms in total. The van der Waals surface area contributed by atoms with Crippen LogP contribution in [0, 0.1) is 17.8 Å². The van der Waals surface area contributed by atoms with Gasteiger partial charge in [0.1, 0.15) is 0 Å². The lowest BCUT2D eigenvalue weighted by atomic mass is 9.84. The first-order chi connectivity index (χ1) is 7.24. The second-order valence-electron chi connectivity index (χ2n) is 5.39. The highest BCUT2D eigenvalue weighted by molar-refractivity contribution is 6.57. The summed E-state index contributed by atoms with van der Waals surface area (Å²) in [6.07, 6.45) is 13.8. The van der Waals surface area contributed by atoms with Crippen molar-refractivity contribution in [1.29, 1.82) is 0 Å². The summed E-state index contributed by atoms with van der Waals surface area (Å²) < 4.78 is 0. The maximum atomic E-state index is 2.49. The van der Waals surface area contributed by atoms with Crippen LogP contribution in [0.1, 0.15) is 26.2 Å². The summed E-state index contributed by atoms with van der Waals surface area (Å²) >= 11 is 0. The minimum atomic E-state index is -0.117. The molecule has 0 heterocycles. The fourth-order valence-electron chi connectivity index (χ4n) is 3.46. The average Bonchev–Trinajstić information content (AvgIpc) is 2.59. The van der Waals surface area contributed by atoms with Crippen LogP contribution in [0.25, 0.3) is 0 Å². The molecule has 0 aromatic rings. The van der Waals surface area contributed by atoms with Crippen LogP contribution < -0.4 is 0 Å². The summed E-state index contributed by atoms with van der Waals surface area (Å²) in [6.45, 7) is 7.31. The Morgan fingerprint density at radius 3 is 2.40 bits per heavy atom. The third-order valence-corrected chi connectivity index (χ3v) is 6.29. The maximum Gasteiger partial charge on any atom is 0.0452 e. The third kappa shape index (κ3) is 2.12. The van der Waals surface area contributed by atoms with Gasteiger partial charge in [-0.05, 0) is 29.7 Å². The van der Waals surface area contributed by atoms with Crippen LogP contribution in [0.5, 0.6) is 0 Å². The van der Waals surface area contributed by atoms with Gasteiger partial charge < -0.3 is 0 Å². The van der Waals surface area contributed by atoms with Gasteiger partial charge in [0.2, 0.25) is 0 Å². The van der Waals surface area contributed by atoms with E-state index in [-0.39, 0.29) is 8.80 Å². The highest BCUT2D eigenvalue weighted by Gasteiger charge is 2.41. The lowest BCUT2D eigenvalue weighted by Crippen LogP contribution is -2.19.